The molecule has 1 fully saturated rings. The third-order valence-electron chi connectivity index (χ3n) is 4.60. The summed E-state index contributed by atoms with van der Waals surface area (Å²) in [4.78, 5) is 24.0. The standard InChI is InChI=1S/C20H23N3O3/c1-13-7-9-15(10-8-13)16-12-17(23-22-16)19(24)21-18(20(25)26)11-14-5-3-2-4-6-14/h2-10,16-18,22-23H,11-12H2,1H3,(H,21,24)(H,25,26). The minimum Gasteiger partial charge on any atom is -0.480 e. The molecule has 0 radical (unpaired) electrons. The SMILES string of the molecule is Cc1ccc(C2CC(C(=O)NC(Cc3ccccc3)C(=O)O)NN2)cc1. The van der Waals surface area contributed by atoms with Gasteiger partial charge in [-0.1, -0.05) is 60.2 Å². The number of carboxylic acid groups (broad SMARTS) is 1. The normalized spacial score (nSPS) is 20.5. The highest BCUT2D eigenvalue weighted by Crippen LogP contribution is 2.22. The van der Waals surface area contributed by atoms with Gasteiger partial charge in [0.1, 0.15) is 12.1 Å². The second-order valence-electron chi connectivity index (χ2n) is 6.63. The van der Waals surface area contributed by atoms with Gasteiger partial charge in [0.15, 0.2) is 0 Å². The first-order valence-corrected chi connectivity index (χ1v) is 8.67. The van der Waals surface area contributed by atoms with Crippen molar-refractivity contribution in [2.75, 3.05) is 0 Å². The number of aliphatic carboxylic acids is 1. The first kappa shape index (κ1) is 18.1. The molecular weight excluding hydrogens is 330 g/mol. The molecule has 0 aliphatic carbocycles. The lowest BCUT2D eigenvalue weighted by molar-refractivity contribution is -0.142. The van der Waals surface area contributed by atoms with E-state index in [1.165, 1.54) is 5.56 Å². The minimum absolute atomic E-state index is 0.0174. The van der Waals surface area contributed by atoms with Crippen LogP contribution in [0.3, 0.4) is 0 Å². The zero-order valence-corrected chi connectivity index (χ0v) is 14.6. The Labute approximate surface area is 152 Å². The van der Waals surface area contributed by atoms with E-state index in [-0.39, 0.29) is 18.4 Å². The van der Waals surface area contributed by atoms with Crippen molar-refractivity contribution < 1.29 is 14.7 Å². The lowest BCUT2D eigenvalue weighted by Gasteiger charge is -2.17. The lowest BCUT2D eigenvalue weighted by Crippen LogP contribution is -2.50. The van der Waals surface area contributed by atoms with Gasteiger partial charge in [-0.05, 0) is 24.5 Å². The fraction of sp³-hybridized carbons (Fsp3) is 0.300. The van der Waals surface area contributed by atoms with Crippen LogP contribution in [-0.2, 0) is 16.0 Å². The van der Waals surface area contributed by atoms with Gasteiger partial charge in [-0.15, -0.1) is 0 Å². The lowest BCUT2D eigenvalue weighted by atomic mass is 10.00. The van der Waals surface area contributed by atoms with E-state index in [2.05, 4.69) is 16.2 Å². The van der Waals surface area contributed by atoms with Gasteiger partial charge in [0.2, 0.25) is 5.91 Å². The zero-order valence-electron chi connectivity index (χ0n) is 14.6. The molecule has 2 aromatic carbocycles. The summed E-state index contributed by atoms with van der Waals surface area (Å²) in [6.07, 6.45) is 0.815. The maximum absolute atomic E-state index is 12.5. The molecule has 1 heterocycles. The molecule has 26 heavy (non-hydrogen) atoms. The van der Waals surface area contributed by atoms with Gasteiger partial charge in [0, 0.05) is 12.5 Å². The smallest absolute Gasteiger partial charge is 0.326 e. The fourth-order valence-corrected chi connectivity index (χ4v) is 3.07. The zero-order chi connectivity index (χ0) is 18.5. The molecule has 0 saturated carbocycles. The summed E-state index contributed by atoms with van der Waals surface area (Å²) >= 11 is 0. The molecular formula is C20H23N3O3. The summed E-state index contributed by atoms with van der Waals surface area (Å²) < 4.78 is 0. The monoisotopic (exact) mass is 353 g/mol. The topological polar surface area (TPSA) is 90.5 Å². The molecule has 0 spiro atoms. The first-order valence-electron chi connectivity index (χ1n) is 8.67. The summed E-state index contributed by atoms with van der Waals surface area (Å²) in [7, 11) is 0. The minimum atomic E-state index is -1.04. The van der Waals surface area contributed by atoms with Crippen LogP contribution in [0.2, 0.25) is 0 Å². The van der Waals surface area contributed by atoms with E-state index in [1.54, 1.807) is 0 Å². The quantitative estimate of drug-likeness (QED) is 0.635. The van der Waals surface area contributed by atoms with Crippen molar-refractivity contribution >= 4 is 11.9 Å². The van der Waals surface area contributed by atoms with Crippen LogP contribution in [-0.4, -0.2) is 29.1 Å². The van der Waals surface area contributed by atoms with Crippen molar-refractivity contribution in [1.29, 1.82) is 0 Å². The third-order valence-corrected chi connectivity index (χ3v) is 4.60. The average molecular weight is 353 g/mol. The van der Waals surface area contributed by atoms with E-state index in [1.807, 2.05) is 61.5 Å². The summed E-state index contributed by atoms with van der Waals surface area (Å²) in [5.41, 5.74) is 9.24. The molecule has 3 unspecified atom stereocenters. The highest BCUT2D eigenvalue weighted by molar-refractivity contribution is 5.87. The van der Waals surface area contributed by atoms with Crippen LogP contribution in [0.25, 0.3) is 0 Å². The van der Waals surface area contributed by atoms with Crippen molar-refractivity contribution in [3.8, 4) is 0 Å². The van der Waals surface area contributed by atoms with Crippen molar-refractivity contribution in [2.45, 2.75) is 37.9 Å². The maximum atomic E-state index is 12.5. The van der Waals surface area contributed by atoms with Crippen LogP contribution in [0, 0.1) is 6.92 Å². The van der Waals surface area contributed by atoms with E-state index in [0.717, 1.165) is 11.1 Å². The molecule has 1 aliphatic heterocycles. The van der Waals surface area contributed by atoms with E-state index < -0.39 is 18.1 Å². The second kappa shape index (κ2) is 8.12. The van der Waals surface area contributed by atoms with Crippen LogP contribution >= 0.6 is 0 Å². The molecule has 2 aromatic rings. The number of carbonyl (C=O) groups is 2. The third kappa shape index (κ3) is 4.47. The van der Waals surface area contributed by atoms with E-state index in [4.69, 9.17) is 0 Å². The second-order valence-corrected chi connectivity index (χ2v) is 6.63. The highest BCUT2D eigenvalue weighted by atomic mass is 16.4. The Bertz CT molecular complexity index is 762. The van der Waals surface area contributed by atoms with Gasteiger partial charge in [-0.3, -0.25) is 4.79 Å². The Morgan fingerprint density at radius 1 is 1.12 bits per heavy atom. The van der Waals surface area contributed by atoms with Gasteiger partial charge in [0.05, 0.1) is 0 Å². The van der Waals surface area contributed by atoms with Crippen LogP contribution in [0.4, 0.5) is 0 Å². The largest absolute Gasteiger partial charge is 0.480 e. The summed E-state index contributed by atoms with van der Waals surface area (Å²) in [5.74, 6) is -1.35. The Balaban J connectivity index is 1.59. The number of carbonyl (C=O) groups excluding carboxylic acids is 1. The van der Waals surface area contributed by atoms with Gasteiger partial charge < -0.3 is 10.4 Å². The number of hydrazine groups is 1. The molecule has 4 N–H and O–H groups in total. The molecule has 3 atom stereocenters. The first-order chi connectivity index (χ1) is 12.5. The summed E-state index contributed by atoms with van der Waals surface area (Å²) in [5, 5.41) is 12.1. The number of amides is 1. The number of nitrogens with one attached hydrogen (secondary N) is 3. The Kier molecular flexibility index (Phi) is 5.65. The van der Waals surface area contributed by atoms with Gasteiger partial charge in [0.25, 0.3) is 0 Å². The predicted octanol–water partition coefficient (Wildman–Crippen LogP) is 1.71. The molecule has 6 nitrogen and oxygen atoms in total. The predicted molar refractivity (Wildman–Crippen MR) is 98.3 cm³/mol. The molecule has 136 valence electrons. The fourth-order valence-electron chi connectivity index (χ4n) is 3.07. The maximum Gasteiger partial charge on any atom is 0.326 e. The van der Waals surface area contributed by atoms with Gasteiger partial charge in [-0.25, -0.2) is 15.6 Å². The van der Waals surface area contributed by atoms with Crippen molar-refractivity contribution in [3.63, 3.8) is 0 Å². The van der Waals surface area contributed by atoms with Crippen LogP contribution in [0.15, 0.2) is 54.6 Å². The molecule has 6 heteroatoms. The number of hydrogen-bond acceptors (Lipinski definition) is 4. The number of benzene rings is 2. The molecule has 3 rings (SSSR count). The number of rotatable bonds is 6. The molecule has 1 aliphatic rings. The number of hydrogen-bond donors (Lipinski definition) is 4. The van der Waals surface area contributed by atoms with Crippen LogP contribution < -0.4 is 16.2 Å². The molecule has 1 amide bonds. The molecule has 0 aromatic heterocycles. The summed E-state index contributed by atoms with van der Waals surface area (Å²) in [6, 6.07) is 16.0. The van der Waals surface area contributed by atoms with Crippen molar-refractivity contribution in [1.82, 2.24) is 16.2 Å². The highest BCUT2D eigenvalue weighted by Gasteiger charge is 2.32. The van der Waals surface area contributed by atoms with Crippen molar-refractivity contribution in [3.05, 3.63) is 71.3 Å². The van der Waals surface area contributed by atoms with E-state index in [9.17, 15) is 14.7 Å². The molecule has 0 bridgehead atoms. The van der Waals surface area contributed by atoms with Crippen molar-refractivity contribution in [2.24, 2.45) is 0 Å². The van der Waals surface area contributed by atoms with E-state index >= 15 is 0 Å². The van der Waals surface area contributed by atoms with Crippen LogP contribution in [0.5, 0.6) is 0 Å². The molecule has 1 saturated heterocycles. The Hall–Kier alpha value is -2.70. The number of carboxylic acids is 1. The van der Waals surface area contributed by atoms with Gasteiger partial charge in [-0.2, -0.15) is 0 Å². The van der Waals surface area contributed by atoms with E-state index in [0.29, 0.717) is 6.42 Å². The summed E-state index contributed by atoms with van der Waals surface area (Å²) in [6.45, 7) is 2.03. The average Bonchev–Trinajstić information content (AvgIpc) is 3.13. The Morgan fingerprint density at radius 3 is 2.46 bits per heavy atom. The number of aryl methyl sites for hydroxylation is 1. The van der Waals surface area contributed by atoms with Gasteiger partial charge >= 0.3 is 5.97 Å². The van der Waals surface area contributed by atoms with Crippen LogP contribution in [0.1, 0.15) is 29.2 Å². The Morgan fingerprint density at radius 2 is 1.81 bits per heavy atom.